The Morgan fingerprint density at radius 2 is 1.71 bits per heavy atom. The zero-order valence-corrected chi connectivity index (χ0v) is 19.5. The molecule has 1 N–H and O–H groups in total. The Labute approximate surface area is 188 Å². The minimum atomic E-state index is -3.36. The lowest BCUT2D eigenvalue weighted by Gasteiger charge is -2.15. The van der Waals surface area contributed by atoms with Gasteiger partial charge in [-0.15, -0.1) is 11.8 Å². The highest BCUT2D eigenvalue weighted by Crippen LogP contribution is 2.27. The predicted octanol–water partition coefficient (Wildman–Crippen LogP) is 5.01. The van der Waals surface area contributed by atoms with Crippen LogP contribution in [0.2, 0.25) is 0 Å². The lowest BCUT2D eigenvalue weighted by Crippen LogP contribution is -2.19. The van der Waals surface area contributed by atoms with E-state index in [0.717, 1.165) is 16.7 Å². The largest absolute Gasteiger partial charge is 0.323 e. The number of carbonyl (C=O) groups is 1. The standard InChI is InChI=1S/C24H26N2O3S2/c1-17-14-18(2)16-20(15-17)19(3)23(27)26-22-10-7-11-25-24(22)30-12-13-31(28,29)21-8-5-4-6-9-21/h4-11,14-16,19H,12-13H2,1-3H3,(H,26,27). The van der Waals surface area contributed by atoms with Crippen LogP contribution in [0.15, 0.2) is 76.8 Å². The molecule has 0 saturated carbocycles. The Morgan fingerprint density at radius 3 is 2.39 bits per heavy atom. The van der Waals surface area contributed by atoms with E-state index in [2.05, 4.69) is 16.4 Å². The molecule has 0 radical (unpaired) electrons. The first kappa shape index (κ1) is 23.0. The highest BCUT2D eigenvalue weighted by molar-refractivity contribution is 8.00. The van der Waals surface area contributed by atoms with Gasteiger partial charge in [0.15, 0.2) is 9.84 Å². The fourth-order valence-electron chi connectivity index (χ4n) is 3.25. The summed E-state index contributed by atoms with van der Waals surface area (Å²) >= 11 is 1.32. The van der Waals surface area contributed by atoms with E-state index in [4.69, 9.17) is 0 Å². The van der Waals surface area contributed by atoms with Gasteiger partial charge in [-0.3, -0.25) is 4.79 Å². The van der Waals surface area contributed by atoms with Crippen LogP contribution in [0.1, 0.15) is 29.5 Å². The summed E-state index contributed by atoms with van der Waals surface area (Å²) in [5.74, 6) is -0.124. The number of rotatable bonds is 8. The van der Waals surface area contributed by atoms with E-state index < -0.39 is 9.84 Å². The quantitative estimate of drug-likeness (QED) is 0.485. The van der Waals surface area contributed by atoms with Gasteiger partial charge in [0.2, 0.25) is 5.91 Å². The van der Waals surface area contributed by atoms with Crippen molar-refractivity contribution in [3.8, 4) is 0 Å². The molecule has 162 valence electrons. The van der Waals surface area contributed by atoms with Crippen molar-refractivity contribution in [2.24, 2.45) is 0 Å². The summed E-state index contributed by atoms with van der Waals surface area (Å²) in [5, 5.41) is 3.56. The van der Waals surface area contributed by atoms with Gasteiger partial charge in [-0.05, 0) is 50.6 Å². The Bertz CT molecular complexity index is 1140. The van der Waals surface area contributed by atoms with Gasteiger partial charge < -0.3 is 5.32 Å². The molecular formula is C24H26N2O3S2. The number of thioether (sulfide) groups is 1. The van der Waals surface area contributed by atoms with Crippen LogP contribution >= 0.6 is 11.8 Å². The number of sulfone groups is 1. The summed E-state index contributed by atoms with van der Waals surface area (Å²) in [7, 11) is -3.36. The van der Waals surface area contributed by atoms with Gasteiger partial charge in [-0.2, -0.15) is 0 Å². The third-order valence-electron chi connectivity index (χ3n) is 4.86. The van der Waals surface area contributed by atoms with Crippen LogP contribution in [0.4, 0.5) is 5.69 Å². The van der Waals surface area contributed by atoms with Crippen molar-refractivity contribution >= 4 is 33.2 Å². The summed E-state index contributed by atoms with van der Waals surface area (Å²) in [6.45, 7) is 5.90. The smallest absolute Gasteiger partial charge is 0.231 e. The maximum Gasteiger partial charge on any atom is 0.231 e. The number of benzene rings is 2. The first-order valence-corrected chi connectivity index (χ1v) is 12.6. The number of amides is 1. The molecule has 7 heteroatoms. The summed E-state index contributed by atoms with van der Waals surface area (Å²) in [4.78, 5) is 17.5. The van der Waals surface area contributed by atoms with E-state index >= 15 is 0 Å². The molecule has 1 aromatic heterocycles. The minimum absolute atomic E-state index is 0.00931. The molecule has 31 heavy (non-hydrogen) atoms. The summed E-state index contributed by atoms with van der Waals surface area (Å²) in [6, 6.07) is 18.1. The fraction of sp³-hybridized carbons (Fsp3) is 0.250. The summed E-state index contributed by atoms with van der Waals surface area (Å²) < 4.78 is 25.0. The SMILES string of the molecule is Cc1cc(C)cc(C(C)C(=O)Nc2cccnc2SCCS(=O)(=O)c2ccccc2)c1. The Balaban J connectivity index is 1.67. The van der Waals surface area contributed by atoms with Crippen LogP contribution in [0.5, 0.6) is 0 Å². The molecule has 0 aliphatic carbocycles. The number of hydrogen-bond acceptors (Lipinski definition) is 5. The molecule has 5 nitrogen and oxygen atoms in total. The van der Waals surface area contributed by atoms with Gasteiger partial charge in [-0.25, -0.2) is 13.4 Å². The van der Waals surface area contributed by atoms with Crippen LogP contribution < -0.4 is 5.32 Å². The molecule has 0 fully saturated rings. The Kier molecular flexibility index (Phi) is 7.51. The van der Waals surface area contributed by atoms with Gasteiger partial charge >= 0.3 is 0 Å². The van der Waals surface area contributed by atoms with Crippen molar-refractivity contribution < 1.29 is 13.2 Å². The average Bonchev–Trinajstić information content (AvgIpc) is 2.74. The zero-order chi connectivity index (χ0) is 22.4. The van der Waals surface area contributed by atoms with Crippen LogP contribution in [0.25, 0.3) is 0 Å². The molecule has 0 bridgehead atoms. The fourth-order valence-corrected chi connectivity index (χ4v) is 5.87. The highest BCUT2D eigenvalue weighted by atomic mass is 32.2. The van der Waals surface area contributed by atoms with Gasteiger partial charge in [0.05, 0.1) is 22.3 Å². The van der Waals surface area contributed by atoms with Crippen molar-refractivity contribution in [3.05, 3.63) is 83.6 Å². The van der Waals surface area contributed by atoms with Crippen molar-refractivity contribution in [1.82, 2.24) is 4.98 Å². The molecule has 3 rings (SSSR count). The van der Waals surface area contributed by atoms with E-state index in [1.165, 1.54) is 11.8 Å². The number of carbonyl (C=O) groups excluding carboxylic acids is 1. The van der Waals surface area contributed by atoms with Gasteiger partial charge in [0, 0.05) is 11.9 Å². The second-order valence-corrected chi connectivity index (χ2v) is 10.7. The van der Waals surface area contributed by atoms with Gasteiger partial charge in [0.25, 0.3) is 0 Å². The molecule has 1 atom stereocenters. The lowest BCUT2D eigenvalue weighted by atomic mass is 9.96. The first-order chi connectivity index (χ1) is 14.8. The Hall–Kier alpha value is -2.64. The van der Waals surface area contributed by atoms with E-state index in [1.807, 2.05) is 32.9 Å². The van der Waals surface area contributed by atoms with Gasteiger partial charge in [-0.1, -0.05) is 47.5 Å². The van der Waals surface area contributed by atoms with Crippen LogP contribution in [-0.2, 0) is 14.6 Å². The van der Waals surface area contributed by atoms with E-state index in [0.29, 0.717) is 21.4 Å². The van der Waals surface area contributed by atoms with Crippen molar-refractivity contribution in [3.63, 3.8) is 0 Å². The van der Waals surface area contributed by atoms with Crippen LogP contribution in [0.3, 0.4) is 0 Å². The zero-order valence-electron chi connectivity index (χ0n) is 17.8. The van der Waals surface area contributed by atoms with Crippen LogP contribution in [-0.4, -0.2) is 30.8 Å². The normalized spacial score (nSPS) is 12.4. The molecule has 3 aromatic rings. The number of nitrogens with zero attached hydrogens (tertiary/aromatic N) is 1. The third-order valence-corrected chi connectivity index (χ3v) is 7.86. The molecule has 0 saturated heterocycles. The minimum Gasteiger partial charge on any atom is -0.323 e. The summed E-state index contributed by atoms with van der Waals surface area (Å²) in [5.41, 5.74) is 3.78. The number of anilines is 1. The molecule has 1 amide bonds. The average molecular weight is 455 g/mol. The second kappa shape index (κ2) is 10.1. The van der Waals surface area contributed by atoms with E-state index in [-0.39, 0.29) is 17.6 Å². The van der Waals surface area contributed by atoms with Crippen molar-refractivity contribution in [1.29, 1.82) is 0 Å². The van der Waals surface area contributed by atoms with Crippen LogP contribution in [0, 0.1) is 13.8 Å². The van der Waals surface area contributed by atoms with Gasteiger partial charge in [0.1, 0.15) is 5.03 Å². The molecule has 0 aliphatic rings. The lowest BCUT2D eigenvalue weighted by molar-refractivity contribution is -0.117. The van der Waals surface area contributed by atoms with Crippen molar-refractivity contribution in [2.45, 2.75) is 36.6 Å². The third kappa shape index (κ3) is 6.18. The van der Waals surface area contributed by atoms with E-state index in [1.54, 1.807) is 48.7 Å². The molecule has 0 spiro atoms. The maximum absolute atomic E-state index is 12.9. The first-order valence-electron chi connectivity index (χ1n) is 10.0. The maximum atomic E-state index is 12.9. The molecular weight excluding hydrogens is 428 g/mol. The topological polar surface area (TPSA) is 76.1 Å². The number of nitrogens with one attached hydrogen (secondary N) is 1. The molecule has 2 aromatic carbocycles. The molecule has 1 unspecified atom stereocenters. The molecule has 1 heterocycles. The second-order valence-electron chi connectivity index (χ2n) is 7.47. The number of aryl methyl sites for hydroxylation is 2. The highest BCUT2D eigenvalue weighted by Gasteiger charge is 2.19. The summed E-state index contributed by atoms with van der Waals surface area (Å²) in [6.07, 6.45) is 1.64. The Morgan fingerprint density at radius 1 is 1.03 bits per heavy atom. The number of pyridine rings is 1. The molecule has 0 aliphatic heterocycles. The number of aromatic nitrogens is 1. The monoisotopic (exact) mass is 454 g/mol. The number of hydrogen-bond donors (Lipinski definition) is 1. The predicted molar refractivity (Wildman–Crippen MR) is 126 cm³/mol. The van der Waals surface area contributed by atoms with E-state index in [9.17, 15) is 13.2 Å². The van der Waals surface area contributed by atoms with Crippen molar-refractivity contribution in [2.75, 3.05) is 16.8 Å².